The van der Waals surface area contributed by atoms with Crippen LogP contribution in [0.1, 0.15) is 29.8 Å². The average Bonchev–Trinajstić information content (AvgIpc) is 2.74. The monoisotopic (exact) mass is 391 g/mol. The number of carbonyl (C=O) groups excluding carboxylic acids is 1. The molecule has 3 aromatic rings. The smallest absolute Gasteiger partial charge is 0.257 e. The second-order valence-electron chi connectivity index (χ2n) is 6.71. The van der Waals surface area contributed by atoms with E-state index in [-0.39, 0.29) is 12.0 Å². The van der Waals surface area contributed by atoms with Gasteiger partial charge in [-0.3, -0.25) is 4.79 Å². The molecule has 3 rings (SSSR count). The molecule has 1 aromatic heterocycles. The number of rotatable bonds is 8. The first-order valence-corrected chi connectivity index (χ1v) is 9.45. The number of anilines is 2. The van der Waals surface area contributed by atoms with Gasteiger partial charge in [-0.05, 0) is 44.2 Å². The van der Waals surface area contributed by atoms with Crippen molar-refractivity contribution < 1.29 is 14.3 Å². The summed E-state index contributed by atoms with van der Waals surface area (Å²) in [5.74, 6) is 1.89. The number of carbonyl (C=O) groups is 1. The summed E-state index contributed by atoms with van der Waals surface area (Å²) in [6.45, 7) is 4.46. The molecule has 0 aliphatic rings. The van der Waals surface area contributed by atoms with Gasteiger partial charge in [0, 0.05) is 18.3 Å². The van der Waals surface area contributed by atoms with Crippen LogP contribution in [0.5, 0.6) is 11.5 Å². The van der Waals surface area contributed by atoms with E-state index in [1.165, 1.54) is 0 Å². The van der Waals surface area contributed by atoms with E-state index in [1.54, 1.807) is 25.4 Å². The molecule has 0 saturated heterocycles. The number of aromatic nitrogens is 1. The summed E-state index contributed by atoms with van der Waals surface area (Å²) in [5.41, 5.74) is 2.12. The summed E-state index contributed by atoms with van der Waals surface area (Å²) in [5, 5.41) is 6.12. The van der Waals surface area contributed by atoms with Crippen molar-refractivity contribution in [3.8, 4) is 11.5 Å². The quantitative estimate of drug-likeness (QED) is 0.580. The zero-order valence-electron chi connectivity index (χ0n) is 16.8. The largest absolute Gasteiger partial charge is 0.496 e. The minimum absolute atomic E-state index is 0.0170. The Balaban J connectivity index is 1.63. The van der Waals surface area contributed by atoms with E-state index in [4.69, 9.17) is 9.47 Å². The van der Waals surface area contributed by atoms with E-state index < -0.39 is 0 Å². The number of para-hydroxylation sites is 3. The van der Waals surface area contributed by atoms with Gasteiger partial charge in [0.25, 0.3) is 5.91 Å². The number of amides is 1. The van der Waals surface area contributed by atoms with Gasteiger partial charge in [-0.25, -0.2) is 4.98 Å². The fraction of sp³-hybridized carbons (Fsp3) is 0.217. The van der Waals surface area contributed by atoms with Gasteiger partial charge in [-0.2, -0.15) is 0 Å². The normalized spacial score (nSPS) is 10.5. The topological polar surface area (TPSA) is 72.5 Å². The van der Waals surface area contributed by atoms with Crippen molar-refractivity contribution in [1.29, 1.82) is 0 Å². The predicted molar refractivity (Wildman–Crippen MR) is 115 cm³/mol. The molecule has 0 spiro atoms. The highest BCUT2D eigenvalue weighted by molar-refractivity contribution is 6.04. The molecule has 1 heterocycles. The summed E-state index contributed by atoms with van der Waals surface area (Å²) in [7, 11) is 1.65. The highest BCUT2D eigenvalue weighted by Gasteiger charge is 2.11. The lowest BCUT2D eigenvalue weighted by atomic mass is 10.2. The third-order valence-electron chi connectivity index (χ3n) is 4.18. The van der Waals surface area contributed by atoms with Gasteiger partial charge in [-0.15, -0.1) is 0 Å². The first-order valence-electron chi connectivity index (χ1n) is 9.45. The minimum atomic E-state index is -0.242. The van der Waals surface area contributed by atoms with Crippen molar-refractivity contribution in [2.75, 3.05) is 17.7 Å². The molecular weight excluding hydrogens is 366 g/mol. The van der Waals surface area contributed by atoms with Crippen molar-refractivity contribution in [2.45, 2.75) is 26.5 Å². The van der Waals surface area contributed by atoms with Crippen LogP contribution in [0.25, 0.3) is 0 Å². The SMILES string of the molecule is COc1ccccc1CNc1ccc(C(=O)Nc2ccccc2OC(C)C)cn1. The van der Waals surface area contributed by atoms with Crippen LogP contribution in [-0.4, -0.2) is 24.1 Å². The molecule has 150 valence electrons. The fourth-order valence-corrected chi connectivity index (χ4v) is 2.79. The van der Waals surface area contributed by atoms with Crippen molar-refractivity contribution in [1.82, 2.24) is 4.98 Å². The lowest BCUT2D eigenvalue weighted by Crippen LogP contribution is -2.15. The molecule has 29 heavy (non-hydrogen) atoms. The standard InChI is InChI=1S/C23H25N3O3/c1-16(2)29-21-11-7-5-9-19(21)26-23(27)18-12-13-22(25-15-18)24-14-17-8-4-6-10-20(17)28-3/h4-13,15-16H,14H2,1-3H3,(H,24,25)(H,26,27). The van der Waals surface area contributed by atoms with Crippen LogP contribution >= 0.6 is 0 Å². The summed E-state index contributed by atoms with van der Waals surface area (Å²) in [4.78, 5) is 16.9. The van der Waals surface area contributed by atoms with Crippen LogP contribution in [0.2, 0.25) is 0 Å². The number of pyridine rings is 1. The van der Waals surface area contributed by atoms with Crippen molar-refractivity contribution in [3.63, 3.8) is 0 Å². The minimum Gasteiger partial charge on any atom is -0.496 e. The van der Waals surface area contributed by atoms with Gasteiger partial charge >= 0.3 is 0 Å². The molecule has 0 fully saturated rings. The molecule has 2 N–H and O–H groups in total. The molecule has 0 radical (unpaired) electrons. The Morgan fingerprint density at radius 1 is 1.00 bits per heavy atom. The Labute approximate surface area is 170 Å². The van der Waals surface area contributed by atoms with Crippen LogP contribution in [0.15, 0.2) is 66.9 Å². The van der Waals surface area contributed by atoms with Crippen LogP contribution in [0.4, 0.5) is 11.5 Å². The van der Waals surface area contributed by atoms with Crippen LogP contribution in [0, 0.1) is 0 Å². The number of nitrogens with zero attached hydrogens (tertiary/aromatic N) is 1. The number of ether oxygens (including phenoxy) is 2. The van der Waals surface area contributed by atoms with E-state index >= 15 is 0 Å². The maximum atomic E-state index is 12.6. The molecule has 6 nitrogen and oxygen atoms in total. The number of hydrogen-bond acceptors (Lipinski definition) is 5. The Morgan fingerprint density at radius 3 is 2.41 bits per heavy atom. The van der Waals surface area contributed by atoms with Crippen LogP contribution in [0.3, 0.4) is 0 Å². The molecule has 1 amide bonds. The molecular formula is C23H25N3O3. The van der Waals surface area contributed by atoms with Gasteiger partial charge in [0.05, 0.1) is 24.5 Å². The Kier molecular flexibility index (Phi) is 6.68. The van der Waals surface area contributed by atoms with Crippen molar-refractivity contribution >= 4 is 17.4 Å². The van der Waals surface area contributed by atoms with Crippen LogP contribution in [-0.2, 0) is 6.54 Å². The molecule has 0 aliphatic heterocycles. The lowest BCUT2D eigenvalue weighted by Gasteiger charge is -2.15. The second-order valence-corrected chi connectivity index (χ2v) is 6.71. The highest BCUT2D eigenvalue weighted by Crippen LogP contribution is 2.25. The molecule has 0 atom stereocenters. The lowest BCUT2D eigenvalue weighted by molar-refractivity contribution is 0.102. The van der Waals surface area contributed by atoms with E-state index in [0.29, 0.717) is 29.4 Å². The maximum Gasteiger partial charge on any atom is 0.257 e. The Hall–Kier alpha value is -3.54. The molecule has 0 bridgehead atoms. The molecule has 0 saturated carbocycles. The summed E-state index contributed by atoms with van der Waals surface area (Å²) in [6.07, 6.45) is 1.56. The number of nitrogens with one attached hydrogen (secondary N) is 2. The Bertz CT molecular complexity index is 956. The van der Waals surface area contributed by atoms with Crippen molar-refractivity contribution in [3.05, 3.63) is 78.0 Å². The van der Waals surface area contributed by atoms with E-state index in [2.05, 4.69) is 15.6 Å². The Morgan fingerprint density at radius 2 is 1.72 bits per heavy atom. The van der Waals surface area contributed by atoms with Gasteiger partial charge in [0.2, 0.25) is 0 Å². The van der Waals surface area contributed by atoms with E-state index in [0.717, 1.165) is 11.3 Å². The molecule has 2 aromatic carbocycles. The first kappa shape index (κ1) is 20.2. The van der Waals surface area contributed by atoms with Gasteiger partial charge in [0.1, 0.15) is 17.3 Å². The fourth-order valence-electron chi connectivity index (χ4n) is 2.79. The van der Waals surface area contributed by atoms with Gasteiger partial charge in [0.15, 0.2) is 0 Å². The molecule has 6 heteroatoms. The molecule has 0 aliphatic carbocycles. The number of hydrogen-bond donors (Lipinski definition) is 2. The van der Waals surface area contributed by atoms with Crippen LogP contribution < -0.4 is 20.1 Å². The highest BCUT2D eigenvalue weighted by atomic mass is 16.5. The molecule has 0 unspecified atom stereocenters. The zero-order valence-corrected chi connectivity index (χ0v) is 16.8. The van der Waals surface area contributed by atoms with E-state index in [9.17, 15) is 4.79 Å². The second kappa shape index (κ2) is 9.59. The van der Waals surface area contributed by atoms with Gasteiger partial charge in [-0.1, -0.05) is 30.3 Å². The number of methoxy groups -OCH3 is 1. The third kappa shape index (κ3) is 5.48. The summed E-state index contributed by atoms with van der Waals surface area (Å²) in [6, 6.07) is 18.7. The first-order chi connectivity index (χ1) is 14.1. The van der Waals surface area contributed by atoms with Gasteiger partial charge < -0.3 is 20.1 Å². The summed E-state index contributed by atoms with van der Waals surface area (Å²) >= 11 is 0. The predicted octanol–water partition coefficient (Wildman–Crippen LogP) is 4.74. The zero-order chi connectivity index (χ0) is 20.6. The summed E-state index contributed by atoms with van der Waals surface area (Å²) < 4.78 is 11.1. The van der Waals surface area contributed by atoms with Crippen molar-refractivity contribution in [2.24, 2.45) is 0 Å². The third-order valence-corrected chi connectivity index (χ3v) is 4.18. The maximum absolute atomic E-state index is 12.6. The number of benzene rings is 2. The van der Waals surface area contributed by atoms with E-state index in [1.807, 2.05) is 62.4 Å². The average molecular weight is 391 g/mol.